The minimum atomic E-state index is -1.02. The number of hydrogen-bond donors (Lipinski definition) is 2. The van der Waals surface area contributed by atoms with Crippen LogP contribution in [0.2, 0.25) is 0 Å². The molecule has 0 aliphatic carbocycles. The molecule has 0 aliphatic heterocycles. The third kappa shape index (κ3) is 3.79. The van der Waals surface area contributed by atoms with E-state index in [1.165, 1.54) is 11.3 Å². The van der Waals surface area contributed by atoms with Gasteiger partial charge in [0.15, 0.2) is 6.61 Å². The Morgan fingerprint density at radius 3 is 2.57 bits per heavy atom. The molecule has 0 bridgehead atoms. The molecule has 2 aromatic heterocycles. The van der Waals surface area contributed by atoms with Gasteiger partial charge in [-0.2, -0.15) is 0 Å². The number of carbonyl (C=O) groups is 1. The summed E-state index contributed by atoms with van der Waals surface area (Å²) in [6, 6.07) is 16.8. The number of rotatable bonds is 6. The Labute approximate surface area is 164 Å². The topological polar surface area (TPSA) is 92.3 Å². The Bertz CT molecular complexity index is 1180. The molecule has 0 radical (unpaired) electrons. The van der Waals surface area contributed by atoms with Gasteiger partial charge in [0.05, 0.1) is 5.39 Å². The van der Waals surface area contributed by atoms with Crippen LogP contribution in [0.1, 0.15) is 11.4 Å². The van der Waals surface area contributed by atoms with Gasteiger partial charge in [0.1, 0.15) is 16.4 Å². The van der Waals surface area contributed by atoms with E-state index in [-0.39, 0.29) is 12.2 Å². The number of nitrogens with one attached hydrogen (secondary N) is 1. The van der Waals surface area contributed by atoms with E-state index >= 15 is 0 Å². The van der Waals surface area contributed by atoms with Crippen LogP contribution in [0.3, 0.4) is 0 Å². The van der Waals surface area contributed by atoms with E-state index < -0.39 is 5.97 Å². The standard InChI is InChI=1S/C21H16N2O4S/c24-18(25)11-27-15-8-6-13(7-9-15)10-17-22-20(26)19-16(12-28-21(19)23-17)14-4-2-1-3-5-14/h1-9,12H,10-11H2,(H,24,25)(H,22,23,26). The van der Waals surface area contributed by atoms with Crippen molar-refractivity contribution in [3.63, 3.8) is 0 Å². The number of ether oxygens (including phenoxy) is 1. The van der Waals surface area contributed by atoms with Crippen LogP contribution in [0.5, 0.6) is 5.75 Å². The molecule has 4 rings (SSSR count). The van der Waals surface area contributed by atoms with E-state index in [4.69, 9.17) is 9.84 Å². The van der Waals surface area contributed by atoms with E-state index in [1.54, 1.807) is 12.1 Å². The number of carboxylic acids is 1. The largest absolute Gasteiger partial charge is 0.482 e. The number of aromatic nitrogens is 2. The van der Waals surface area contributed by atoms with Gasteiger partial charge in [-0.15, -0.1) is 11.3 Å². The lowest BCUT2D eigenvalue weighted by molar-refractivity contribution is -0.139. The third-order valence-electron chi connectivity index (χ3n) is 4.24. The number of benzene rings is 2. The maximum absolute atomic E-state index is 12.7. The van der Waals surface area contributed by atoms with Crippen molar-refractivity contribution in [2.75, 3.05) is 6.61 Å². The number of carboxylic acid groups (broad SMARTS) is 1. The second-order valence-electron chi connectivity index (χ2n) is 6.21. The fourth-order valence-electron chi connectivity index (χ4n) is 2.95. The molecule has 28 heavy (non-hydrogen) atoms. The highest BCUT2D eigenvalue weighted by Crippen LogP contribution is 2.30. The summed E-state index contributed by atoms with van der Waals surface area (Å²) in [4.78, 5) is 31.4. The van der Waals surface area contributed by atoms with Crippen molar-refractivity contribution in [3.8, 4) is 16.9 Å². The highest BCUT2D eigenvalue weighted by molar-refractivity contribution is 7.17. The summed E-state index contributed by atoms with van der Waals surface area (Å²) in [5, 5.41) is 11.2. The van der Waals surface area contributed by atoms with Gasteiger partial charge in [-0.05, 0) is 23.3 Å². The van der Waals surface area contributed by atoms with Crippen molar-refractivity contribution >= 4 is 27.5 Å². The molecule has 0 atom stereocenters. The monoisotopic (exact) mass is 392 g/mol. The molecule has 0 saturated heterocycles. The predicted octanol–water partition coefficient (Wildman–Crippen LogP) is 3.71. The molecule has 2 aromatic carbocycles. The van der Waals surface area contributed by atoms with Crippen LogP contribution in [-0.4, -0.2) is 27.7 Å². The fourth-order valence-corrected chi connectivity index (χ4v) is 3.92. The smallest absolute Gasteiger partial charge is 0.341 e. The zero-order chi connectivity index (χ0) is 19.5. The summed E-state index contributed by atoms with van der Waals surface area (Å²) >= 11 is 1.45. The summed E-state index contributed by atoms with van der Waals surface area (Å²) in [6.07, 6.45) is 0.461. The van der Waals surface area contributed by atoms with Crippen LogP contribution in [0.15, 0.2) is 64.8 Å². The highest BCUT2D eigenvalue weighted by atomic mass is 32.1. The predicted molar refractivity (Wildman–Crippen MR) is 108 cm³/mol. The van der Waals surface area contributed by atoms with Crippen molar-refractivity contribution in [1.82, 2.24) is 9.97 Å². The first kappa shape index (κ1) is 17.9. The van der Waals surface area contributed by atoms with Crippen LogP contribution >= 0.6 is 11.3 Å². The Morgan fingerprint density at radius 2 is 1.86 bits per heavy atom. The number of aliphatic carboxylic acids is 1. The number of hydrogen-bond acceptors (Lipinski definition) is 5. The Balaban J connectivity index is 1.59. The molecule has 7 heteroatoms. The van der Waals surface area contributed by atoms with Gasteiger partial charge < -0.3 is 14.8 Å². The molecule has 0 amide bonds. The average Bonchev–Trinajstić information content (AvgIpc) is 3.13. The zero-order valence-electron chi connectivity index (χ0n) is 14.7. The lowest BCUT2D eigenvalue weighted by Crippen LogP contribution is -2.12. The first-order valence-corrected chi connectivity index (χ1v) is 9.47. The summed E-state index contributed by atoms with van der Waals surface area (Å²) < 4.78 is 5.12. The molecular formula is C21H16N2O4S. The molecule has 2 N–H and O–H groups in total. The van der Waals surface area contributed by atoms with Crippen LogP contribution in [0, 0.1) is 0 Å². The van der Waals surface area contributed by atoms with E-state index in [1.807, 2.05) is 47.8 Å². The molecule has 0 aliphatic rings. The highest BCUT2D eigenvalue weighted by Gasteiger charge is 2.13. The zero-order valence-corrected chi connectivity index (χ0v) is 15.5. The first-order chi connectivity index (χ1) is 13.6. The number of aromatic amines is 1. The molecule has 0 saturated carbocycles. The normalized spacial score (nSPS) is 10.9. The van der Waals surface area contributed by atoms with Crippen molar-refractivity contribution in [2.24, 2.45) is 0 Å². The minimum Gasteiger partial charge on any atom is -0.482 e. The van der Waals surface area contributed by atoms with Crippen molar-refractivity contribution in [3.05, 3.63) is 81.7 Å². The quantitative estimate of drug-likeness (QED) is 0.522. The molecular weight excluding hydrogens is 376 g/mol. The molecule has 4 aromatic rings. The van der Waals surface area contributed by atoms with Gasteiger partial charge in [-0.25, -0.2) is 9.78 Å². The van der Waals surface area contributed by atoms with Gasteiger partial charge in [0, 0.05) is 17.4 Å². The van der Waals surface area contributed by atoms with E-state index in [0.717, 1.165) is 16.7 Å². The van der Waals surface area contributed by atoms with Crippen LogP contribution < -0.4 is 10.3 Å². The van der Waals surface area contributed by atoms with E-state index in [2.05, 4.69) is 9.97 Å². The molecule has 6 nitrogen and oxygen atoms in total. The maximum atomic E-state index is 12.7. The summed E-state index contributed by atoms with van der Waals surface area (Å²) in [7, 11) is 0. The van der Waals surface area contributed by atoms with E-state index in [9.17, 15) is 9.59 Å². The van der Waals surface area contributed by atoms with Crippen LogP contribution in [-0.2, 0) is 11.2 Å². The Hall–Kier alpha value is -3.45. The van der Waals surface area contributed by atoms with Gasteiger partial charge in [-0.1, -0.05) is 42.5 Å². The third-order valence-corrected chi connectivity index (χ3v) is 5.11. The summed E-state index contributed by atoms with van der Waals surface area (Å²) in [5.41, 5.74) is 2.66. The molecule has 2 heterocycles. The Kier molecular flexibility index (Phi) is 4.90. The first-order valence-electron chi connectivity index (χ1n) is 8.59. The van der Waals surface area contributed by atoms with Gasteiger partial charge >= 0.3 is 5.97 Å². The molecule has 140 valence electrons. The fraction of sp³-hybridized carbons (Fsp3) is 0.0952. The molecule has 0 spiro atoms. The van der Waals surface area contributed by atoms with Gasteiger partial charge in [0.2, 0.25) is 0 Å². The van der Waals surface area contributed by atoms with Crippen molar-refractivity contribution in [1.29, 1.82) is 0 Å². The van der Waals surface area contributed by atoms with Gasteiger partial charge in [-0.3, -0.25) is 4.79 Å². The number of nitrogens with zero attached hydrogens (tertiary/aromatic N) is 1. The molecule has 0 fully saturated rings. The van der Waals surface area contributed by atoms with E-state index in [0.29, 0.717) is 28.2 Å². The second-order valence-corrected chi connectivity index (χ2v) is 7.07. The van der Waals surface area contributed by atoms with Crippen LogP contribution in [0.4, 0.5) is 0 Å². The summed E-state index contributed by atoms with van der Waals surface area (Å²) in [5.74, 6) is 0.0388. The summed E-state index contributed by atoms with van der Waals surface area (Å²) in [6.45, 7) is -0.382. The lowest BCUT2D eigenvalue weighted by atomic mass is 10.1. The Morgan fingerprint density at radius 1 is 1.11 bits per heavy atom. The number of H-pyrrole nitrogens is 1. The maximum Gasteiger partial charge on any atom is 0.341 e. The second kappa shape index (κ2) is 7.66. The lowest BCUT2D eigenvalue weighted by Gasteiger charge is -2.05. The van der Waals surface area contributed by atoms with Crippen molar-refractivity contribution < 1.29 is 14.6 Å². The van der Waals surface area contributed by atoms with Crippen molar-refractivity contribution in [2.45, 2.75) is 6.42 Å². The minimum absolute atomic E-state index is 0.151. The number of thiophene rings is 1. The molecule has 0 unspecified atom stereocenters. The number of fused-ring (bicyclic) bond motifs is 1. The van der Waals surface area contributed by atoms with Crippen LogP contribution in [0.25, 0.3) is 21.3 Å². The van der Waals surface area contributed by atoms with Gasteiger partial charge in [0.25, 0.3) is 5.56 Å². The SMILES string of the molecule is O=C(O)COc1ccc(Cc2nc3scc(-c4ccccc4)c3c(=O)[nH]2)cc1. The average molecular weight is 392 g/mol.